The first kappa shape index (κ1) is 13.4. The first-order valence-corrected chi connectivity index (χ1v) is 7.93. The molecule has 2 aliphatic carbocycles. The molecule has 0 aromatic rings. The van der Waals surface area contributed by atoms with Crippen molar-refractivity contribution in [2.24, 2.45) is 11.8 Å². The molecule has 0 aromatic heterocycles. The van der Waals surface area contributed by atoms with Gasteiger partial charge in [-0.2, -0.15) is 0 Å². The molecule has 3 rings (SSSR count). The summed E-state index contributed by atoms with van der Waals surface area (Å²) in [6, 6.07) is 0.678. The maximum atomic E-state index is 12.3. The number of aliphatic hydroxyl groups excluding tert-OH is 1. The van der Waals surface area contributed by atoms with Crippen LogP contribution in [0.25, 0.3) is 0 Å². The maximum Gasteiger partial charge on any atom is 0.239 e. The molecule has 4 heteroatoms. The van der Waals surface area contributed by atoms with Crippen LogP contribution in [0.5, 0.6) is 0 Å². The maximum absolute atomic E-state index is 12.3. The van der Waals surface area contributed by atoms with Gasteiger partial charge in [-0.25, -0.2) is 0 Å². The lowest BCUT2D eigenvalue weighted by Gasteiger charge is -2.33. The Balaban J connectivity index is 1.52. The molecule has 3 fully saturated rings. The van der Waals surface area contributed by atoms with Crippen molar-refractivity contribution < 1.29 is 9.90 Å². The standard InChI is InChI=1S/C15H26N2O2/c18-10-12-4-2-1-3-11(12)9-17-8-7-14(15(17)19)16-13-5-6-13/h11-14,16,18H,1-10H2. The van der Waals surface area contributed by atoms with Crippen LogP contribution < -0.4 is 5.32 Å². The molecular formula is C15H26N2O2. The molecule has 1 aliphatic heterocycles. The molecule has 2 saturated carbocycles. The van der Waals surface area contributed by atoms with Gasteiger partial charge >= 0.3 is 0 Å². The molecule has 1 heterocycles. The third-order valence-electron chi connectivity index (χ3n) is 5.07. The van der Waals surface area contributed by atoms with E-state index in [1.807, 2.05) is 4.90 Å². The van der Waals surface area contributed by atoms with Gasteiger partial charge < -0.3 is 15.3 Å². The van der Waals surface area contributed by atoms with E-state index in [9.17, 15) is 9.90 Å². The normalized spacial score (nSPS) is 35.9. The molecule has 2 N–H and O–H groups in total. The van der Waals surface area contributed by atoms with Crippen molar-refractivity contribution in [3.63, 3.8) is 0 Å². The van der Waals surface area contributed by atoms with Crippen LogP contribution in [0.4, 0.5) is 0 Å². The van der Waals surface area contributed by atoms with Crippen molar-refractivity contribution in [3.8, 4) is 0 Å². The third kappa shape index (κ3) is 3.11. The van der Waals surface area contributed by atoms with Crippen LogP contribution >= 0.6 is 0 Å². The van der Waals surface area contributed by atoms with E-state index < -0.39 is 0 Å². The van der Waals surface area contributed by atoms with Gasteiger partial charge in [-0.1, -0.05) is 12.8 Å². The molecule has 0 bridgehead atoms. The fraction of sp³-hybridized carbons (Fsp3) is 0.933. The smallest absolute Gasteiger partial charge is 0.239 e. The monoisotopic (exact) mass is 266 g/mol. The van der Waals surface area contributed by atoms with E-state index in [0.29, 0.717) is 23.8 Å². The van der Waals surface area contributed by atoms with E-state index in [0.717, 1.165) is 25.9 Å². The van der Waals surface area contributed by atoms with Crippen molar-refractivity contribution >= 4 is 5.91 Å². The van der Waals surface area contributed by atoms with E-state index >= 15 is 0 Å². The first-order valence-electron chi connectivity index (χ1n) is 7.93. The first-order chi connectivity index (χ1) is 9.28. The summed E-state index contributed by atoms with van der Waals surface area (Å²) in [5, 5.41) is 12.9. The number of likely N-dealkylation sites (tertiary alicyclic amines) is 1. The molecule has 19 heavy (non-hydrogen) atoms. The van der Waals surface area contributed by atoms with Gasteiger partial charge in [0.1, 0.15) is 0 Å². The number of hydrogen-bond donors (Lipinski definition) is 2. The van der Waals surface area contributed by atoms with E-state index in [-0.39, 0.29) is 12.6 Å². The van der Waals surface area contributed by atoms with Gasteiger partial charge in [-0.05, 0) is 43.9 Å². The van der Waals surface area contributed by atoms with E-state index in [4.69, 9.17) is 0 Å². The lowest BCUT2D eigenvalue weighted by atomic mass is 9.79. The molecule has 1 saturated heterocycles. The minimum Gasteiger partial charge on any atom is -0.396 e. The Hall–Kier alpha value is -0.610. The Morgan fingerprint density at radius 3 is 2.53 bits per heavy atom. The summed E-state index contributed by atoms with van der Waals surface area (Å²) in [6.45, 7) is 2.06. The van der Waals surface area contributed by atoms with E-state index in [2.05, 4.69) is 5.32 Å². The minimum absolute atomic E-state index is 0.0728. The van der Waals surface area contributed by atoms with Gasteiger partial charge in [0, 0.05) is 25.7 Å². The highest BCUT2D eigenvalue weighted by Gasteiger charge is 2.37. The fourth-order valence-corrected chi connectivity index (χ4v) is 3.66. The van der Waals surface area contributed by atoms with Gasteiger partial charge in [0.25, 0.3) is 0 Å². The van der Waals surface area contributed by atoms with Crippen LogP contribution in [0, 0.1) is 11.8 Å². The summed E-state index contributed by atoms with van der Waals surface area (Å²) < 4.78 is 0. The van der Waals surface area contributed by atoms with Gasteiger partial charge in [0.2, 0.25) is 5.91 Å². The Kier molecular flexibility index (Phi) is 4.08. The fourth-order valence-electron chi connectivity index (χ4n) is 3.66. The summed E-state index contributed by atoms with van der Waals surface area (Å²) in [4.78, 5) is 14.4. The predicted molar refractivity (Wildman–Crippen MR) is 73.7 cm³/mol. The van der Waals surface area contributed by atoms with Crippen molar-refractivity contribution in [2.75, 3.05) is 19.7 Å². The second-order valence-corrected chi connectivity index (χ2v) is 6.55. The second kappa shape index (κ2) is 5.80. The molecule has 4 nitrogen and oxygen atoms in total. The lowest BCUT2D eigenvalue weighted by Crippen LogP contribution is -2.42. The molecular weight excluding hydrogens is 240 g/mol. The SMILES string of the molecule is O=C1C(NC2CC2)CCN1CC1CCCCC1CO. The topological polar surface area (TPSA) is 52.6 Å². The highest BCUT2D eigenvalue weighted by atomic mass is 16.3. The summed E-state index contributed by atoms with van der Waals surface area (Å²) in [5.41, 5.74) is 0. The van der Waals surface area contributed by atoms with Crippen LogP contribution in [0.15, 0.2) is 0 Å². The van der Waals surface area contributed by atoms with Crippen LogP contribution in [-0.2, 0) is 4.79 Å². The molecule has 0 aromatic carbocycles. The average molecular weight is 266 g/mol. The van der Waals surface area contributed by atoms with Crippen molar-refractivity contribution in [2.45, 2.75) is 57.0 Å². The molecule has 0 radical (unpaired) electrons. The van der Waals surface area contributed by atoms with Gasteiger partial charge in [0.05, 0.1) is 6.04 Å². The Morgan fingerprint density at radius 1 is 1.11 bits per heavy atom. The third-order valence-corrected chi connectivity index (χ3v) is 5.07. The summed E-state index contributed by atoms with van der Waals surface area (Å²) in [5.74, 6) is 1.23. The number of nitrogens with one attached hydrogen (secondary N) is 1. The molecule has 1 amide bonds. The minimum atomic E-state index is 0.0728. The van der Waals surface area contributed by atoms with Crippen LogP contribution in [-0.4, -0.2) is 47.7 Å². The van der Waals surface area contributed by atoms with Gasteiger partial charge in [-0.15, -0.1) is 0 Å². The molecule has 108 valence electrons. The van der Waals surface area contributed by atoms with Crippen molar-refractivity contribution in [1.82, 2.24) is 10.2 Å². The number of hydrogen-bond acceptors (Lipinski definition) is 3. The molecule has 0 spiro atoms. The predicted octanol–water partition coefficient (Wildman–Crippen LogP) is 1.14. The van der Waals surface area contributed by atoms with Crippen molar-refractivity contribution in [1.29, 1.82) is 0 Å². The Bertz CT molecular complexity index is 330. The van der Waals surface area contributed by atoms with Crippen molar-refractivity contribution in [3.05, 3.63) is 0 Å². The van der Waals surface area contributed by atoms with Crippen LogP contribution in [0.3, 0.4) is 0 Å². The highest BCUT2D eigenvalue weighted by molar-refractivity contribution is 5.84. The van der Waals surface area contributed by atoms with E-state index in [1.54, 1.807) is 0 Å². The molecule has 3 unspecified atom stereocenters. The van der Waals surface area contributed by atoms with Crippen LogP contribution in [0.1, 0.15) is 44.9 Å². The lowest BCUT2D eigenvalue weighted by molar-refractivity contribution is -0.130. The molecule has 3 atom stereocenters. The summed E-state index contributed by atoms with van der Waals surface area (Å²) in [7, 11) is 0. The number of amides is 1. The quantitative estimate of drug-likeness (QED) is 0.784. The largest absolute Gasteiger partial charge is 0.396 e. The highest BCUT2D eigenvalue weighted by Crippen LogP contribution is 2.31. The Labute approximate surface area is 115 Å². The van der Waals surface area contributed by atoms with E-state index in [1.165, 1.54) is 32.1 Å². The zero-order valence-corrected chi connectivity index (χ0v) is 11.7. The Morgan fingerprint density at radius 2 is 1.84 bits per heavy atom. The number of nitrogens with zero attached hydrogens (tertiary/aromatic N) is 1. The van der Waals surface area contributed by atoms with Crippen LogP contribution in [0.2, 0.25) is 0 Å². The number of rotatable bonds is 5. The second-order valence-electron chi connectivity index (χ2n) is 6.55. The number of carbonyl (C=O) groups is 1. The molecule has 3 aliphatic rings. The zero-order chi connectivity index (χ0) is 13.2. The summed E-state index contributed by atoms with van der Waals surface area (Å²) in [6.07, 6.45) is 8.24. The summed E-state index contributed by atoms with van der Waals surface area (Å²) >= 11 is 0. The zero-order valence-electron chi connectivity index (χ0n) is 11.7. The average Bonchev–Trinajstić information content (AvgIpc) is 3.19. The number of aliphatic hydroxyl groups is 1. The van der Waals surface area contributed by atoms with Gasteiger partial charge in [0.15, 0.2) is 0 Å². The van der Waals surface area contributed by atoms with Gasteiger partial charge in [-0.3, -0.25) is 4.79 Å². The number of carbonyl (C=O) groups excluding carboxylic acids is 1.